The highest BCUT2D eigenvalue weighted by Crippen LogP contribution is 2.21. The van der Waals surface area contributed by atoms with E-state index >= 15 is 0 Å². The Labute approximate surface area is 154 Å². The molecule has 0 bridgehead atoms. The summed E-state index contributed by atoms with van der Waals surface area (Å²) in [4.78, 5) is 31.5. The predicted molar refractivity (Wildman–Crippen MR) is 96.4 cm³/mol. The fourth-order valence-electron chi connectivity index (χ4n) is 2.29. The zero-order valence-electron chi connectivity index (χ0n) is 14.8. The number of methoxy groups -OCH3 is 1. The monoisotopic (exact) mass is 370 g/mol. The lowest BCUT2D eigenvalue weighted by Gasteiger charge is -2.04. The number of imidazole rings is 1. The molecule has 3 aromatic rings. The quantitative estimate of drug-likeness (QED) is 0.631. The maximum atomic E-state index is 11.8. The van der Waals surface area contributed by atoms with Crippen LogP contribution in [-0.2, 0) is 9.53 Å². The van der Waals surface area contributed by atoms with Gasteiger partial charge in [-0.1, -0.05) is 0 Å². The second-order valence-corrected chi connectivity index (χ2v) is 5.37. The van der Waals surface area contributed by atoms with Gasteiger partial charge in [-0.15, -0.1) is 0 Å². The average molecular weight is 370 g/mol. The van der Waals surface area contributed by atoms with Crippen LogP contribution < -0.4 is 15.4 Å². The first kappa shape index (κ1) is 18.1. The number of esters is 1. The number of carbonyl (C=O) groups is 2. The molecular formula is C17H18N6O4. The number of fused-ring (bicyclic) bond motifs is 1. The molecule has 2 N–H and O–H groups in total. The van der Waals surface area contributed by atoms with Crippen molar-refractivity contribution in [1.82, 2.24) is 24.9 Å². The van der Waals surface area contributed by atoms with Crippen LogP contribution in [0.4, 0.5) is 10.6 Å². The molecule has 0 aliphatic heterocycles. The van der Waals surface area contributed by atoms with Crippen molar-refractivity contribution in [2.45, 2.75) is 6.92 Å². The molecule has 10 heteroatoms. The fourth-order valence-corrected chi connectivity index (χ4v) is 2.29. The Morgan fingerprint density at radius 1 is 1.26 bits per heavy atom. The number of nitrogens with zero attached hydrogens (tertiary/aromatic N) is 4. The van der Waals surface area contributed by atoms with Crippen molar-refractivity contribution in [1.29, 1.82) is 0 Å². The summed E-state index contributed by atoms with van der Waals surface area (Å²) < 4.78 is 11.4. The molecule has 0 unspecified atom stereocenters. The van der Waals surface area contributed by atoms with Crippen LogP contribution in [0.15, 0.2) is 36.8 Å². The number of hydrogen-bond donors (Lipinski definition) is 2. The fraction of sp³-hybridized carbons (Fsp3) is 0.235. The van der Waals surface area contributed by atoms with Crippen LogP contribution in [0.1, 0.15) is 6.92 Å². The summed E-state index contributed by atoms with van der Waals surface area (Å²) in [5, 5.41) is 9.40. The summed E-state index contributed by atoms with van der Waals surface area (Å²) in [6.45, 7) is 1.72. The van der Waals surface area contributed by atoms with E-state index in [1.165, 1.54) is 4.52 Å². The van der Waals surface area contributed by atoms with Crippen LogP contribution in [0.3, 0.4) is 0 Å². The normalized spacial score (nSPS) is 10.4. The van der Waals surface area contributed by atoms with E-state index in [0.29, 0.717) is 22.9 Å². The number of anilines is 1. The van der Waals surface area contributed by atoms with E-state index in [0.717, 1.165) is 5.56 Å². The van der Waals surface area contributed by atoms with Gasteiger partial charge in [-0.2, -0.15) is 5.10 Å². The third-order valence-electron chi connectivity index (χ3n) is 3.50. The van der Waals surface area contributed by atoms with Gasteiger partial charge in [0.2, 0.25) is 0 Å². The first-order chi connectivity index (χ1) is 13.1. The Balaban J connectivity index is 1.72. The third-order valence-corrected chi connectivity index (χ3v) is 3.50. The molecule has 0 atom stereocenters. The number of pyridine rings is 1. The van der Waals surface area contributed by atoms with Crippen LogP contribution in [0, 0.1) is 0 Å². The largest absolute Gasteiger partial charge is 0.495 e. The zero-order chi connectivity index (χ0) is 19.2. The van der Waals surface area contributed by atoms with Gasteiger partial charge in [-0.05, 0) is 25.1 Å². The minimum atomic E-state index is -0.566. The lowest BCUT2D eigenvalue weighted by atomic mass is 10.2. The highest BCUT2D eigenvalue weighted by molar-refractivity contribution is 5.90. The van der Waals surface area contributed by atoms with E-state index in [4.69, 9.17) is 9.47 Å². The third kappa shape index (κ3) is 4.48. The number of nitrogens with one attached hydrogen (secondary N) is 2. The van der Waals surface area contributed by atoms with E-state index in [1.54, 1.807) is 44.8 Å². The number of aromatic nitrogens is 4. The van der Waals surface area contributed by atoms with Gasteiger partial charge in [0.15, 0.2) is 11.5 Å². The van der Waals surface area contributed by atoms with Gasteiger partial charge < -0.3 is 14.8 Å². The number of ether oxygens (including phenoxy) is 2. The molecule has 27 heavy (non-hydrogen) atoms. The van der Waals surface area contributed by atoms with Gasteiger partial charge in [0, 0.05) is 11.8 Å². The average Bonchev–Trinajstić information content (AvgIpc) is 3.08. The molecule has 10 nitrogen and oxygen atoms in total. The van der Waals surface area contributed by atoms with Gasteiger partial charge >= 0.3 is 12.0 Å². The first-order valence-corrected chi connectivity index (χ1v) is 8.15. The van der Waals surface area contributed by atoms with E-state index in [-0.39, 0.29) is 13.2 Å². The summed E-state index contributed by atoms with van der Waals surface area (Å²) in [5.41, 5.74) is 2.01. The lowest BCUT2D eigenvalue weighted by Crippen LogP contribution is -2.34. The molecule has 0 radical (unpaired) electrons. The summed E-state index contributed by atoms with van der Waals surface area (Å²) in [7, 11) is 1.57. The molecule has 140 valence electrons. The van der Waals surface area contributed by atoms with Crippen LogP contribution >= 0.6 is 0 Å². The molecule has 0 saturated heterocycles. The van der Waals surface area contributed by atoms with Crippen LogP contribution in [0.5, 0.6) is 5.75 Å². The van der Waals surface area contributed by atoms with Crippen LogP contribution in [0.2, 0.25) is 0 Å². The molecule has 3 heterocycles. The Bertz CT molecular complexity index is 971. The SMILES string of the molecule is CCOC(=O)CNC(=O)Nc1cn2nc(-c3cncc(OC)c3)ccc2n1. The molecule has 3 aromatic heterocycles. The Kier molecular flexibility index (Phi) is 5.45. The van der Waals surface area contributed by atoms with Gasteiger partial charge in [-0.25, -0.2) is 14.3 Å². The van der Waals surface area contributed by atoms with Crippen LogP contribution in [0.25, 0.3) is 16.9 Å². The second kappa shape index (κ2) is 8.13. The number of rotatable bonds is 6. The molecular weight excluding hydrogens is 352 g/mol. The van der Waals surface area contributed by atoms with E-state index < -0.39 is 12.0 Å². The molecule has 0 spiro atoms. The number of hydrogen-bond acceptors (Lipinski definition) is 7. The Morgan fingerprint density at radius 2 is 2.11 bits per heavy atom. The lowest BCUT2D eigenvalue weighted by molar-refractivity contribution is -0.141. The molecule has 2 amide bonds. The van der Waals surface area contributed by atoms with Crippen molar-refractivity contribution in [3.05, 3.63) is 36.8 Å². The van der Waals surface area contributed by atoms with Crippen molar-refractivity contribution in [3.8, 4) is 17.0 Å². The van der Waals surface area contributed by atoms with E-state index in [9.17, 15) is 9.59 Å². The standard InChI is InChI=1S/C17H18N6O4/c1-3-27-16(24)9-19-17(25)21-14-10-23-15(20-14)5-4-13(22-23)11-6-12(26-2)8-18-7-11/h4-8,10H,3,9H2,1-2H3,(H2,19,21,25). The number of carbonyl (C=O) groups excluding carboxylic acids is 2. The van der Waals surface area contributed by atoms with Gasteiger partial charge in [0.1, 0.15) is 12.3 Å². The van der Waals surface area contributed by atoms with Crippen molar-refractivity contribution in [2.75, 3.05) is 25.6 Å². The van der Waals surface area contributed by atoms with E-state index in [1.807, 2.05) is 6.07 Å². The topological polar surface area (TPSA) is 120 Å². The van der Waals surface area contributed by atoms with E-state index in [2.05, 4.69) is 25.7 Å². The van der Waals surface area contributed by atoms with Gasteiger partial charge in [0.05, 0.1) is 31.8 Å². The summed E-state index contributed by atoms with van der Waals surface area (Å²) in [6, 6.07) is 4.82. The zero-order valence-corrected chi connectivity index (χ0v) is 14.8. The molecule has 0 aromatic carbocycles. The summed E-state index contributed by atoms with van der Waals surface area (Å²) in [6.07, 6.45) is 4.85. The maximum absolute atomic E-state index is 11.8. The first-order valence-electron chi connectivity index (χ1n) is 8.15. The van der Waals surface area contributed by atoms with Crippen molar-refractivity contribution in [3.63, 3.8) is 0 Å². The van der Waals surface area contributed by atoms with Gasteiger partial charge in [0.25, 0.3) is 0 Å². The molecule has 0 aliphatic carbocycles. The summed E-state index contributed by atoms with van der Waals surface area (Å²) in [5.74, 6) is 0.409. The highest BCUT2D eigenvalue weighted by Gasteiger charge is 2.10. The van der Waals surface area contributed by atoms with Crippen molar-refractivity contribution < 1.29 is 19.1 Å². The molecule has 3 rings (SSSR count). The predicted octanol–water partition coefficient (Wildman–Crippen LogP) is 1.48. The number of amides is 2. The van der Waals surface area contributed by atoms with Crippen molar-refractivity contribution >= 4 is 23.5 Å². The Morgan fingerprint density at radius 3 is 2.89 bits per heavy atom. The minimum Gasteiger partial charge on any atom is -0.495 e. The molecule has 0 saturated carbocycles. The summed E-state index contributed by atoms with van der Waals surface area (Å²) >= 11 is 0. The second-order valence-electron chi connectivity index (χ2n) is 5.37. The smallest absolute Gasteiger partial charge is 0.325 e. The molecule has 0 aliphatic rings. The van der Waals surface area contributed by atoms with Gasteiger partial charge in [-0.3, -0.25) is 15.1 Å². The maximum Gasteiger partial charge on any atom is 0.325 e. The molecule has 0 fully saturated rings. The van der Waals surface area contributed by atoms with Crippen molar-refractivity contribution in [2.24, 2.45) is 0 Å². The van der Waals surface area contributed by atoms with Crippen LogP contribution in [-0.4, -0.2) is 51.8 Å². The highest BCUT2D eigenvalue weighted by atomic mass is 16.5. The minimum absolute atomic E-state index is 0.224. The number of urea groups is 1. The Hall–Kier alpha value is -3.69.